The van der Waals surface area contributed by atoms with Crippen molar-refractivity contribution in [1.82, 2.24) is 5.48 Å². The molecule has 4 heteroatoms. The van der Waals surface area contributed by atoms with Gasteiger partial charge in [-0.15, -0.1) is 0 Å². The maximum atomic E-state index is 5.90. The Morgan fingerprint density at radius 1 is 1.24 bits per heavy atom. The largest absolute Gasteiger partial charge is 0.493 e. The second-order valence-corrected chi connectivity index (χ2v) is 4.18. The number of nitrogens with one attached hydrogen (secondary N) is 1. The molecule has 0 spiro atoms. The number of ether oxygens (including phenoxy) is 2. The lowest BCUT2D eigenvalue weighted by molar-refractivity contribution is 0.0863. The van der Waals surface area contributed by atoms with Crippen LogP contribution in [-0.4, -0.2) is 20.3 Å². The predicted octanol–water partition coefficient (Wildman–Crippen LogP) is 2.28. The zero-order valence-electron chi connectivity index (χ0n) is 10.4. The summed E-state index contributed by atoms with van der Waals surface area (Å²) in [6, 6.07) is 5.93. The molecule has 0 saturated heterocycles. The minimum absolute atomic E-state index is 0.356. The smallest absolute Gasteiger partial charge is 0.161 e. The summed E-state index contributed by atoms with van der Waals surface area (Å²) >= 11 is 0. The Hall–Kier alpha value is -1.26. The molecular weight excluding hydrogens is 218 g/mol. The molecule has 1 N–H and O–H groups in total. The summed E-state index contributed by atoms with van der Waals surface area (Å²) in [7, 11) is 3.27. The predicted molar refractivity (Wildman–Crippen MR) is 65.1 cm³/mol. The summed E-state index contributed by atoms with van der Waals surface area (Å²) in [5.41, 5.74) is 3.93. The minimum Gasteiger partial charge on any atom is -0.493 e. The van der Waals surface area contributed by atoms with Crippen molar-refractivity contribution < 1.29 is 14.3 Å². The molecule has 4 nitrogen and oxygen atoms in total. The Balaban J connectivity index is 2.07. The highest BCUT2D eigenvalue weighted by Gasteiger charge is 2.20. The first-order valence-corrected chi connectivity index (χ1v) is 5.93. The molecule has 94 valence electrons. The van der Waals surface area contributed by atoms with E-state index < -0.39 is 0 Å². The third-order valence-electron chi connectivity index (χ3n) is 2.99. The van der Waals surface area contributed by atoms with Crippen LogP contribution in [0.2, 0.25) is 0 Å². The van der Waals surface area contributed by atoms with Gasteiger partial charge >= 0.3 is 0 Å². The van der Waals surface area contributed by atoms with Crippen LogP contribution in [0.25, 0.3) is 0 Å². The van der Waals surface area contributed by atoms with Crippen LogP contribution in [0.1, 0.15) is 24.8 Å². The van der Waals surface area contributed by atoms with Gasteiger partial charge in [0.1, 0.15) is 0 Å². The summed E-state index contributed by atoms with van der Waals surface area (Å²) in [6.07, 6.45) is 3.90. The second kappa shape index (κ2) is 5.89. The van der Waals surface area contributed by atoms with Gasteiger partial charge in [0.2, 0.25) is 0 Å². The maximum absolute atomic E-state index is 5.90. The van der Waals surface area contributed by atoms with Crippen LogP contribution >= 0.6 is 0 Å². The summed E-state index contributed by atoms with van der Waals surface area (Å²) in [5.74, 6) is 1.62. The molecule has 0 bridgehead atoms. The standard InChI is InChI=1S/C13H19NO3/c1-15-12-7-6-10(9-14-16-2)8-13(12)17-11-4-3-5-11/h6-8,11,14H,3-5,9H2,1-2H3. The van der Waals surface area contributed by atoms with Gasteiger partial charge in [-0.25, -0.2) is 0 Å². The summed E-state index contributed by atoms with van der Waals surface area (Å²) in [6.45, 7) is 0.654. The molecule has 17 heavy (non-hydrogen) atoms. The van der Waals surface area contributed by atoms with E-state index in [-0.39, 0.29) is 0 Å². The van der Waals surface area contributed by atoms with Crippen molar-refractivity contribution in [3.05, 3.63) is 23.8 Å². The number of benzene rings is 1. The zero-order chi connectivity index (χ0) is 12.1. The van der Waals surface area contributed by atoms with E-state index in [1.165, 1.54) is 6.42 Å². The van der Waals surface area contributed by atoms with Crippen LogP contribution in [0.4, 0.5) is 0 Å². The maximum Gasteiger partial charge on any atom is 0.161 e. The van der Waals surface area contributed by atoms with E-state index in [1.54, 1.807) is 14.2 Å². The van der Waals surface area contributed by atoms with Gasteiger partial charge < -0.3 is 14.3 Å². The number of methoxy groups -OCH3 is 1. The first-order chi connectivity index (χ1) is 8.33. The van der Waals surface area contributed by atoms with Gasteiger partial charge in [-0.3, -0.25) is 0 Å². The lowest BCUT2D eigenvalue weighted by Gasteiger charge is -2.27. The molecule has 1 aromatic carbocycles. The van der Waals surface area contributed by atoms with Crippen molar-refractivity contribution in [2.75, 3.05) is 14.2 Å². The average Bonchev–Trinajstić information content (AvgIpc) is 2.31. The quantitative estimate of drug-likeness (QED) is 0.770. The zero-order valence-corrected chi connectivity index (χ0v) is 10.4. The van der Waals surface area contributed by atoms with E-state index in [2.05, 4.69) is 5.48 Å². The van der Waals surface area contributed by atoms with E-state index in [1.807, 2.05) is 18.2 Å². The average molecular weight is 237 g/mol. The van der Waals surface area contributed by atoms with E-state index in [4.69, 9.17) is 14.3 Å². The number of hydroxylamine groups is 1. The van der Waals surface area contributed by atoms with Crippen LogP contribution in [-0.2, 0) is 11.4 Å². The molecular formula is C13H19NO3. The highest BCUT2D eigenvalue weighted by atomic mass is 16.6. The van der Waals surface area contributed by atoms with E-state index in [0.717, 1.165) is 29.9 Å². The molecule has 1 fully saturated rings. The van der Waals surface area contributed by atoms with Crippen LogP contribution in [0.3, 0.4) is 0 Å². The molecule has 1 saturated carbocycles. The van der Waals surface area contributed by atoms with Crippen molar-refractivity contribution in [3.63, 3.8) is 0 Å². The third kappa shape index (κ3) is 3.11. The number of hydrogen-bond donors (Lipinski definition) is 1. The fourth-order valence-electron chi connectivity index (χ4n) is 1.75. The highest BCUT2D eigenvalue weighted by Crippen LogP contribution is 2.33. The lowest BCUT2D eigenvalue weighted by atomic mass is 9.96. The Kier molecular flexibility index (Phi) is 4.23. The summed E-state index contributed by atoms with van der Waals surface area (Å²) < 4.78 is 11.2. The van der Waals surface area contributed by atoms with Gasteiger partial charge in [0.25, 0.3) is 0 Å². The Bertz CT molecular complexity index is 364. The fraction of sp³-hybridized carbons (Fsp3) is 0.538. The van der Waals surface area contributed by atoms with Gasteiger partial charge in [0, 0.05) is 6.54 Å². The van der Waals surface area contributed by atoms with Crippen LogP contribution in [0.5, 0.6) is 11.5 Å². The first kappa shape index (κ1) is 12.2. The van der Waals surface area contributed by atoms with Crippen LogP contribution < -0.4 is 15.0 Å². The molecule has 0 radical (unpaired) electrons. The third-order valence-corrected chi connectivity index (χ3v) is 2.99. The molecule has 0 heterocycles. The topological polar surface area (TPSA) is 39.7 Å². The molecule has 2 rings (SSSR count). The summed E-state index contributed by atoms with van der Waals surface area (Å²) in [4.78, 5) is 4.83. The molecule has 1 aromatic rings. The van der Waals surface area contributed by atoms with Gasteiger partial charge in [-0.05, 0) is 37.0 Å². The first-order valence-electron chi connectivity index (χ1n) is 5.93. The minimum atomic E-state index is 0.356. The SMILES string of the molecule is CONCc1ccc(OC)c(OC2CCC2)c1. The van der Waals surface area contributed by atoms with Crippen LogP contribution in [0.15, 0.2) is 18.2 Å². The molecule has 0 unspecified atom stereocenters. The van der Waals surface area contributed by atoms with E-state index in [9.17, 15) is 0 Å². The van der Waals surface area contributed by atoms with E-state index in [0.29, 0.717) is 12.6 Å². The molecule has 0 aromatic heterocycles. The van der Waals surface area contributed by atoms with Gasteiger partial charge in [-0.1, -0.05) is 6.07 Å². The molecule has 0 amide bonds. The summed E-state index contributed by atoms with van der Waals surface area (Å²) in [5, 5.41) is 0. The number of hydrogen-bond acceptors (Lipinski definition) is 4. The van der Waals surface area contributed by atoms with Gasteiger partial charge in [0.15, 0.2) is 11.5 Å². The van der Waals surface area contributed by atoms with Gasteiger partial charge in [0.05, 0.1) is 20.3 Å². The van der Waals surface area contributed by atoms with Crippen molar-refractivity contribution >= 4 is 0 Å². The molecule has 1 aliphatic carbocycles. The monoisotopic (exact) mass is 237 g/mol. The van der Waals surface area contributed by atoms with Crippen LogP contribution in [0, 0.1) is 0 Å². The normalized spacial score (nSPS) is 15.4. The Morgan fingerprint density at radius 2 is 2.06 bits per heavy atom. The van der Waals surface area contributed by atoms with Crippen molar-refractivity contribution in [3.8, 4) is 11.5 Å². The van der Waals surface area contributed by atoms with E-state index >= 15 is 0 Å². The molecule has 0 aliphatic heterocycles. The van der Waals surface area contributed by atoms with Gasteiger partial charge in [-0.2, -0.15) is 5.48 Å². The Labute approximate surface area is 102 Å². The lowest BCUT2D eigenvalue weighted by Crippen LogP contribution is -2.24. The van der Waals surface area contributed by atoms with Crippen molar-refractivity contribution in [1.29, 1.82) is 0 Å². The van der Waals surface area contributed by atoms with Crippen molar-refractivity contribution in [2.45, 2.75) is 31.9 Å². The van der Waals surface area contributed by atoms with Crippen molar-refractivity contribution in [2.24, 2.45) is 0 Å². The Morgan fingerprint density at radius 3 is 2.65 bits per heavy atom. The molecule has 1 aliphatic rings. The number of rotatable bonds is 6. The fourth-order valence-corrected chi connectivity index (χ4v) is 1.75. The highest BCUT2D eigenvalue weighted by molar-refractivity contribution is 5.43. The molecule has 0 atom stereocenters. The second-order valence-electron chi connectivity index (χ2n) is 4.18.